The predicted molar refractivity (Wildman–Crippen MR) is 161 cm³/mol. The fourth-order valence-electron chi connectivity index (χ4n) is 4.26. The Labute approximate surface area is 239 Å². The zero-order valence-electron chi connectivity index (χ0n) is 22.5. The molecule has 6 nitrogen and oxygen atoms in total. The molecule has 0 N–H and O–H groups in total. The smallest absolute Gasteiger partial charge is 0.331 e. The third kappa shape index (κ3) is 7.13. The molecule has 0 aliphatic carbocycles. The lowest BCUT2D eigenvalue weighted by molar-refractivity contribution is -0.140. The first-order valence-electron chi connectivity index (χ1n) is 13.1. The van der Waals surface area contributed by atoms with E-state index in [0.717, 1.165) is 28.2 Å². The number of ketones is 1. The molecule has 0 saturated carbocycles. The predicted octanol–water partition coefficient (Wildman–Crippen LogP) is 7.86. The van der Waals surface area contributed by atoms with E-state index in [2.05, 4.69) is 39.2 Å². The molecule has 41 heavy (non-hydrogen) atoms. The van der Waals surface area contributed by atoms with Crippen LogP contribution in [0.25, 0.3) is 0 Å². The van der Waals surface area contributed by atoms with Crippen LogP contribution in [0, 0.1) is 0 Å². The van der Waals surface area contributed by atoms with E-state index in [1.807, 2.05) is 109 Å². The van der Waals surface area contributed by atoms with Crippen molar-refractivity contribution < 1.29 is 19.2 Å². The van der Waals surface area contributed by atoms with Crippen molar-refractivity contribution in [3.63, 3.8) is 0 Å². The molecular weight excluding hydrogens is 512 g/mol. The third-order valence-corrected chi connectivity index (χ3v) is 6.30. The van der Waals surface area contributed by atoms with Gasteiger partial charge in [-0.1, -0.05) is 65.8 Å². The quantitative estimate of drug-likeness (QED) is 0.0781. The Balaban J connectivity index is 1.23. The van der Waals surface area contributed by atoms with Crippen LogP contribution in [0.1, 0.15) is 34.0 Å². The van der Waals surface area contributed by atoms with Gasteiger partial charge in [-0.05, 0) is 83.9 Å². The molecule has 0 saturated heterocycles. The zero-order chi connectivity index (χ0) is 28.4. The highest BCUT2D eigenvalue weighted by molar-refractivity contribution is 6.09. The fourth-order valence-corrected chi connectivity index (χ4v) is 4.26. The standard InChI is InChI=1S/C35H28N2O4/c1-26(38)41-36-24-27-14-22-34(23-15-27)40-25-28-12-16-29(17-13-28)35(39)30-18-20-33(21-19-30)37(31-8-4-2-5-9-31)32-10-6-3-7-11-32/h2-24H,25H2,1H3/b36-24+. The maximum Gasteiger partial charge on any atom is 0.331 e. The van der Waals surface area contributed by atoms with Crippen LogP contribution >= 0.6 is 0 Å². The van der Waals surface area contributed by atoms with Crippen LogP contribution in [0.5, 0.6) is 5.75 Å². The molecule has 202 valence electrons. The molecule has 0 bridgehead atoms. The van der Waals surface area contributed by atoms with Gasteiger partial charge >= 0.3 is 5.97 Å². The second-order valence-electron chi connectivity index (χ2n) is 9.25. The molecule has 0 heterocycles. The van der Waals surface area contributed by atoms with Crippen molar-refractivity contribution in [3.8, 4) is 5.75 Å². The lowest BCUT2D eigenvalue weighted by Gasteiger charge is -2.25. The summed E-state index contributed by atoms with van der Waals surface area (Å²) in [7, 11) is 0. The number of nitrogens with zero attached hydrogens (tertiary/aromatic N) is 2. The van der Waals surface area contributed by atoms with Crippen LogP contribution in [0.15, 0.2) is 139 Å². The van der Waals surface area contributed by atoms with Crippen molar-refractivity contribution in [1.82, 2.24) is 0 Å². The Morgan fingerprint density at radius 3 is 1.71 bits per heavy atom. The minimum Gasteiger partial charge on any atom is -0.489 e. The molecule has 0 aromatic heterocycles. The van der Waals surface area contributed by atoms with Gasteiger partial charge < -0.3 is 14.5 Å². The van der Waals surface area contributed by atoms with Crippen LogP contribution in [0.3, 0.4) is 0 Å². The Morgan fingerprint density at radius 2 is 1.17 bits per heavy atom. The molecule has 5 rings (SSSR count). The van der Waals surface area contributed by atoms with Gasteiger partial charge in [-0.25, -0.2) is 4.79 Å². The van der Waals surface area contributed by atoms with E-state index in [4.69, 9.17) is 4.74 Å². The topological polar surface area (TPSA) is 68.2 Å². The van der Waals surface area contributed by atoms with E-state index < -0.39 is 5.97 Å². The number of benzene rings is 5. The van der Waals surface area contributed by atoms with Crippen molar-refractivity contribution in [1.29, 1.82) is 0 Å². The van der Waals surface area contributed by atoms with Crippen LogP contribution in [0.4, 0.5) is 17.1 Å². The number of ether oxygens (including phenoxy) is 1. The lowest BCUT2D eigenvalue weighted by Crippen LogP contribution is -2.10. The zero-order valence-corrected chi connectivity index (χ0v) is 22.5. The highest BCUT2D eigenvalue weighted by Crippen LogP contribution is 2.34. The van der Waals surface area contributed by atoms with E-state index in [-0.39, 0.29) is 5.78 Å². The van der Waals surface area contributed by atoms with Crippen molar-refractivity contribution in [2.45, 2.75) is 13.5 Å². The van der Waals surface area contributed by atoms with Crippen LogP contribution < -0.4 is 9.64 Å². The molecule has 0 fully saturated rings. The number of oxime groups is 1. The average Bonchev–Trinajstić information content (AvgIpc) is 3.02. The molecule has 5 aromatic rings. The molecule has 0 amide bonds. The summed E-state index contributed by atoms with van der Waals surface area (Å²) in [4.78, 5) is 30.7. The normalized spacial score (nSPS) is 10.8. The van der Waals surface area contributed by atoms with Crippen molar-refractivity contribution >= 4 is 35.0 Å². The minimum absolute atomic E-state index is 0.0407. The summed E-state index contributed by atoms with van der Waals surface area (Å²) in [6.07, 6.45) is 1.46. The number of hydrogen-bond donors (Lipinski definition) is 0. The number of para-hydroxylation sites is 2. The van der Waals surface area contributed by atoms with Gasteiger partial charge in [-0.2, -0.15) is 0 Å². The van der Waals surface area contributed by atoms with E-state index >= 15 is 0 Å². The average molecular weight is 541 g/mol. The number of rotatable bonds is 10. The number of carbonyl (C=O) groups excluding carboxylic acids is 2. The molecule has 0 aliphatic rings. The summed E-state index contributed by atoms with van der Waals surface area (Å²) in [6, 6.07) is 42.7. The van der Waals surface area contributed by atoms with Crippen LogP contribution in [0.2, 0.25) is 0 Å². The molecule has 0 aliphatic heterocycles. The van der Waals surface area contributed by atoms with E-state index in [9.17, 15) is 9.59 Å². The van der Waals surface area contributed by atoms with Gasteiger partial charge in [-0.3, -0.25) is 4.79 Å². The van der Waals surface area contributed by atoms with Gasteiger partial charge in [0.2, 0.25) is 0 Å². The molecule has 0 spiro atoms. The summed E-state index contributed by atoms with van der Waals surface area (Å²) in [5.74, 6) is 0.178. The van der Waals surface area contributed by atoms with Crippen molar-refractivity contribution in [2.75, 3.05) is 4.90 Å². The van der Waals surface area contributed by atoms with Crippen LogP contribution in [-0.4, -0.2) is 18.0 Å². The summed E-state index contributed by atoms with van der Waals surface area (Å²) in [6.45, 7) is 1.65. The number of anilines is 3. The molecule has 6 heteroatoms. The monoisotopic (exact) mass is 540 g/mol. The van der Waals surface area contributed by atoms with E-state index in [1.165, 1.54) is 13.1 Å². The maximum absolute atomic E-state index is 13.2. The minimum atomic E-state index is -0.471. The first-order chi connectivity index (χ1) is 20.1. The molecule has 0 radical (unpaired) electrons. The fraction of sp³-hybridized carbons (Fsp3) is 0.0571. The van der Waals surface area contributed by atoms with E-state index in [1.54, 1.807) is 0 Å². The summed E-state index contributed by atoms with van der Waals surface area (Å²) >= 11 is 0. The lowest BCUT2D eigenvalue weighted by atomic mass is 10.0. The van der Waals surface area contributed by atoms with Gasteiger partial charge in [0.25, 0.3) is 0 Å². The highest BCUT2D eigenvalue weighted by atomic mass is 16.7. The van der Waals surface area contributed by atoms with Crippen LogP contribution in [-0.2, 0) is 16.2 Å². The highest BCUT2D eigenvalue weighted by Gasteiger charge is 2.14. The number of hydrogen-bond acceptors (Lipinski definition) is 6. The SMILES string of the molecule is CC(=O)O/N=C/c1ccc(OCc2ccc(C(=O)c3ccc(N(c4ccccc4)c4ccccc4)cc3)cc2)cc1. The Hall–Kier alpha value is -5.49. The Kier molecular flexibility index (Phi) is 8.62. The molecular formula is C35H28N2O4. The van der Waals surface area contributed by atoms with Gasteiger partial charge in [-0.15, -0.1) is 0 Å². The van der Waals surface area contributed by atoms with E-state index in [0.29, 0.717) is 23.5 Å². The summed E-state index contributed by atoms with van der Waals surface area (Å²) in [5.41, 5.74) is 6.01. The summed E-state index contributed by atoms with van der Waals surface area (Å²) < 4.78 is 5.86. The second kappa shape index (κ2) is 13.0. The molecule has 0 unspecified atom stereocenters. The van der Waals surface area contributed by atoms with Gasteiger partial charge in [0.05, 0.1) is 6.21 Å². The van der Waals surface area contributed by atoms with Gasteiger partial charge in [0.15, 0.2) is 5.78 Å². The molecule has 0 atom stereocenters. The first-order valence-corrected chi connectivity index (χ1v) is 13.1. The maximum atomic E-state index is 13.2. The third-order valence-electron chi connectivity index (χ3n) is 6.30. The van der Waals surface area contributed by atoms with Crippen molar-refractivity contribution in [3.05, 3.63) is 156 Å². The Morgan fingerprint density at radius 1 is 0.659 bits per heavy atom. The first kappa shape index (κ1) is 27.1. The van der Waals surface area contributed by atoms with Crippen molar-refractivity contribution in [2.24, 2.45) is 5.16 Å². The van der Waals surface area contributed by atoms with Gasteiger partial charge in [0, 0.05) is 35.1 Å². The summed E-state index contributed by atoms with van der Waals surface area (Å²) in [5, 5.41) is 3.60. The van der Waals surface area contributed by atoms with Gasteiger partial charge in [0.1, 0.15) is 12.4 Å². The second-order valence-corrected chi connectivity index (χ2v) is 9.25. The number of carbonyl (C=O) groups is 2. The Bertz CT molecular complexity index is 1580. The largest absolute Gasteiger partial charge is 0.489 e. The molecule has 5 aromatic carbocycles.